The second kappa shape index (κ2) is 6.51. The van der Waals surface area contributed by atoms with Crippen LogP contribution in [0.15, 0.2) is 30.5 Å². The summed E-state index contributed by atoms with van der Waals surface area (Å²) in [6, 6.07) is 6.76. The minimum Gasteiger partial charge on any atom is -0.505 e. The number of benzene rings is 2. The Labute approximate surface area is 177 Å². The van der Waals surface area contributed by atoms with Crippen molar-refractivity contribution in [2.75, 3.05) is 7.05 Å². The van der Waals surface area contributed by atoms with Gasteiger partial charge in [0.2, 0.25) is 0 Å². The number of carboxylic acid groups (broad SMARTS) is 1. The van der Waals surface area contributed by atoms with Crippen LogP contribution in [0, 0.1) is 12.7 Å². The minimum absolute atomic E-state index is 0.159. The average molecular weight is 420 g/mol. The maximum atomic E-state index is 13.6. The fourth-order valence-corrected chi connectivity index (χ4v) is 4.72. The van der Waals surface area contributed by atoms with Gasteiger partial charge in [0.25, 0.3) is 5.91 Å². The van der Waals surface area contributed by atoms with E-state index in [4.69, 9.17) is 0 Å². The zero-order valence-corrected chi connectivity index (χ0v) is 17.2. The molecule has 1 aliphatic carbocycles. The van der Waals surface area contributed by atoms with Gasteiger partial charge in [-0.25, -0.2) is 4.39 Å². The third-order valence-electron chi connectivity index (χ3n) is 6.50. The highest BCUT2D eigenvalue weighted by Crippen LogP contribution is 2.55. The van der Waals surface area contributed by atoms with E-state index in [1.54, 1.807) is 32.3 Å². The lowest BCUT2D eigenvalue weighted by Crippen LogP contribution is -2.22. The normalized spacial score (nSPS) is 16.6. The molecule has 2 aromatic carbocycles. The number of halogens is 1. The summed E-state index contributed by atoms with van der Waals surface area (Å²) in [6.07, 6.45) is 3.06. The summed E-state index contributed by atoms with van der Waals surface area (Å²) in [7, 11) is 1.63. The highest BCUT2D eigenvalue weighted by atomic mass is 19.1. The molecule has 2 aliphatic rings. The molecule has 6 nitrogen and oxygen atoms in total. The maximum Gasteiger partial charge on any atom is 0.314 e. The highest BCUT2D eigenvalue weighted by Gasteiger charge is 2.55. The zero-order valence-electron chi connectivity index (χ0n) is 17.2. The molecular formula is C24H21FN2O4. The first kappa shape index (κ1) is 19.5. The van der Waals surface area contributed by atoms with Crippen molar-refractivity contribution in [1.82, 2.24) is 9.88 Å². The first-order chi connectivity index (χ1) is 14.7. The predicted molar refractivity (Wildman–Crippen MR) is 112 cm³/mol. The second-order valence-corrected chi connectivity index (χ2v) is 8.63. The van der Waals surface area contributed by atoms with E-state index in [2.05, 4.69) is 4.98 Å². The smallest absolute Gasteiger partial charge is 0.314 e. The Morgan fingerprint density at radius 3 is 2.65 bits per heavy atom. The van der Waals surface area contributed by atoms with Gasteiger partial charge in [-0.05, 0) is 66.1 Å². The van der Waals surface area contributed by atoms with Crippen molar-refractivity contribution in [3.05, 3.63) is 69.7 Å². The molecule has 0 radical (unpaired) electrons. The third kappa shape index (κ3) is 2.80. The molecule has 0 atom stereocenters. The number of aromatic hydroxyl groups is 1. The van der Waals surface area contributed by atoms with Crippen molar-refractivity contribution < 1.29 is 24.2 Å². The van der Waals surface area contributed by atoms with Gasteiger partial charge in [-0.3, -0.25) is 14.6 Å². The van der Waals surface area contributed by atoms with Crippen molar-refractivity contribution in [2.45, 2.75) is 38.1 Å². The number of pyridine rings is 1. The molecule has 2 N–H and O–H groups in total. The van der Waals surface area contributed by atoms with E-state index >= 15 is 0 Å². The largest absolute Gasteiger partial charge is 0.505 e. The van der Waals surface area contributed by atoms with Crippen LogP contribution in [0.4, 0.5) is 4.39 Å². The molecule has 1 aliphatic heterocycles. The van der Waals surface area contributed by atoms with E-state index < -0.39 is 11.4 Å². The molecule has 7 heteroatoms. The Bertz CT molecular complexity index is 1300. The van der Waals surface area contributed by atoms with E-state index in [0.29, 0.717) is 41.3 Å². The standard InChI is InChI=1S/C24H21FN2O4/c1-12-7-13(3-4-17(12)25)8-14-9-15-19(24(5-6-24)23(30)31)16-11-27(2)22(29)18(16)21(28)20(15)26-10-14/h3-4,7,9-10,28H,5-6,8,11H2,1-2H3,(H,30,31). The molecule has 0 bridgehead atoms. The molecule has 158 valence electrons. The Balaban J connectivity index is 1.73. The van der Waals surface area contributed by atoms with Crippen LogP contribution in [0.2, 0.25) is 0 Å². The van der Waals surface area contributed by atoms with Crippen LogP contribution in [0.3, 0.4) is 0 Å². The Morgan fingerprint density at radius 1 is 1.26 bits per heavy atom. The van der Waals surface area contributed by atoms with Crippen LogP contribution in [0.25, 0.3) is 10.9 Å². The van der Waals surface area contributed by atoms with E-state index in [1.807, 2.05) is 6.07 Å². The van der Waals surface area contributed by atoms with Gasteiger partial charge in [-0.1, -0.05) is 12.1 Å². The van der Waals surface area contributed by atoms with Gasteiger partial charge in [0.1, 0.15) is 11.3 Å². The molecule has 2 heterocycles. The van der Waals surface area contributed by atoms with Gasteiger partial charge >= 0.3 is 5.97 Å². The summed E-state index contributed by atoms with van der Waals surface area (Å²) < 4.78 is 13.6. The lowest BCUT2D eigenvalue weighted by atomic mass is 9.85. The second-order valence-electron chi connectivity index (χ2n) is 8.63. The SMILES string of the molecule is Cc1cc(Cc2cnc3c(O)c4c(c(C5(C(=O)O)CC5)c3c2)CN(C)C4=O)ccc1F. The van der Waals surface area contributed by atoms with Gasteiger partial charge in [-0.15, -0.1) is 0 Å². The van der Waals surface area contributed by atoms with Crippen LogP contribution < -0.4 is 0 Å². The molecule has 0 unspecified atom stereocenters. The number of fused-ring (bicyclic) bond motifs is 2. The highest BCUT2D eigenvalue weighted by molar-refractivity contribution is 6.09. The van der Waals surface area contributed by atoms with Crippen LogP contribution in [0.1, 0.15) is 51.0 Å². The quantitative estimate of drug-likeness (QED) is 0.672. The number of nitrogens with zero attached hydrogens (tertiary/aromatic N) is 2. The van der Waals surface area contributed by atoms with E-state index in [9.17, 15) is 24.2 Å². The molecule has 0 spiro atoms. The minimum atomic E-state index is -1.06. The number of rotatable bonds is 4. The summed E-state index contributed by atoms with van der Waals surface area (Å²) in [5.41, 5.74) is 2.77. The summed E-state index contributed by atoms with van der Waals surface area (Å²) >= 11 is 0. The summed E-state index contributed by atoms with van der Waals surface area (Å²) in [4.78, 5) is 30.8. The number of amides is 1. The number of phenolic OH excluding ortho intramolecular Hbond substituents is 1. The molecule has 1 saturated carbocycles. The monoisotopic (exact) mass is 420 g/mol. The topological polar surface area (TPSA) is 90.7 Å². The number of carbonyl (C=O) groups is 2. The lowest BCUT2D eigenvalue weighted by Gasteiger charge is -2.19. The third-order valence-corrected chi connectivity index (χ3v) is 6.50. The van der Waals surface area contributed by atoms with E-state index in [1.165, 1.54) is 11.0 Å². The van der Waals surface area contributed by atoms with Crippen molar-refractivity contribution in [2.24, 2.45) is 0 Å². The summed E-state index contributed by atoms with van der Waals surface area (Å²) in [5.74, 6) is -1.73. The van der Waals surface area contributed by atoms with Crippen molar-refractivity contribution in [3.8, 4) is 5.75 Å². The van der Waals surface area contributed by atoms with E-state index in [-0.39, 0.29) is 35.1 Å². The molecule has 1 fully saturated rings. The van der Waals surface area contributed by atoms with Gasteiger partial charge < -0.3 is 15.1 Å². The van der Waals surface area contributed by atoms with Crippen LogP contribution in [-0.4, -0.2) is 39.0 Å². The number of hydrogen-bond acceptors (Lipinski definition) is 4. The number of aliphatic carboxylic acids is 1. The number of carboxylic acids is 1. The molecule has 3 aromatic rings. The van der Waals surface area contributed by atoms with E-state index in [0.717, 1.165) is 11.1 Å². The number of hydrogen-bond donors (Lipinski definition) is 2. The molecule has 0 saturated heterocycles. The van der Waals surface area contributed by atoms with Gasteiger partial charge in [0, 0.05) is 25.2 Å². The zero-order chi connectivity index (χ0) is 22.1. The molecule has 5 rings (SSSR count). The summed E-state index contributed by atoms with van der Waals surface area (Å²) in [6.45, 7) is 1.96. The predicted octanol–water partition coefficient (Wildman–Crippen LogP) is 3.68. The van der Waals surface area contributed by atoms with Crippen LogP contribution >= 0.6 is 0 Å². The molecular weight excluding hydrogens is 399 g/mol. The maximum absolute atomic E-state index is 13.6. The van der Waals surface area contributed by atoms with Crippen molar-refractivity contribution in [3.63, 3.8) is 0 Å². The lowest BCUT2D eigenvalue weighted by molar-refractivity contribution is -0.140. The van der Waals surface area contributed by atoms with Gasteiger partial charge in [-0.2, -0.15) is 0 Å². The Hall–Kier alpha value is -3.48. The van der Waals surface area contributed by atoms with Gasteiger partial charge in [0.05, 0.1) is 11.0 Å². The fourth-order valence-electron chi connectivity index (χ4n) is 4.72. The number of carbonyl (C=O) groups excluding carboxylic acids is 1. The first-order valence-corrected chi connectivity index (χ1v) is 10.1. The number of phenols is 1. The van der Waals surface area contributed by atoms with Crippen LogP contribution in [-0.2, 0) is 23.2 Å². The van der Waals surface area contributed by atoms with Gasteiger partial charge in [0.15, 0.2) is 5.75 Å². The first-order valence-electron chi connectivity index (χ1n) is 10.1. The number of aryl methyl sites for hydroxylation is 1. The van der Waals surface area contributed by atoms with Crippen LogP contribution in [0.5, 0.6) is 5.75 Å². The Kier molecular flexibility index (Phi) is 4.09. The average Bonchev–Trinajstić information content (AvgIpc) is 3.47. The fraction of sp³-hybridized carbons (Fsp3) is 0.292. The molecule has 1 aromatic heterocycles. The summed E-state index contributed by atoms with van der Waals surface area (Å²) in [5, 5.41) is 21.4. The number of aromatic nitrogens is 1. The molecule has 31 heavy (non-hydrogen) atoms. The van der Waals surface area contributed by atoms with Crippen molar-refractivity contribution in [1.29, 1.82) is 0 Å². The van der Waals surface area contributed by atoms with Crippen molar-refractivity contribution >= 4 is 22.8 Å². The Morgan fingerprint density at radius 2 is 2.00 bits per heavy atom. The molecule has 1 amide bonds.